The summed E-state index contributed by atoms with van der Waals surface area (Å²) in [5, 5.41) is 0.794. The Bertz CT molecular complexity index is 873. The molecule has 0 radical (unpaired) electrons. The van der Waals surface area contributed by atoms with Crippen LogP contribution >= 0.6 is 34.3 Å². The van der Waals surface area contributed by atoms with Crippen molar-refractivity contribution in [1.82, 2.24) is 9.88 Å². The van der Waals surface area contributed by atoms with Crippen LogP contribution in [0.25, 0.3) is 9.88 Å². The van der Waals surface area contributed by atoms with Crippen molar-refractivity contribution in [3.63, 3.8) is 0 Å². The molecule has 0 unspecified atom stereocenters. The van der Waals surface area contributed by atoms with E-state index in [1.165, 1.54) is 34.8 Å². The molecular formula is C17H14ClFN2OS2. The molecule has 0 aliphatic heterocycles. The quantitative estimate of drug-likeness (QED) is 0.619. The topological polar surface area (TPSA) is 33.2 Å². The third-order valence-corrected chi connectivity index (χ3v) is 6.00. The molecule has 2 aromatic heterocycles. The van der Waals surface area contributed by atoms with Crippen LogP contribution in [0.15, 0.2) is 36.4 Å². The summed E-state index contributed by atoms with van der Waals surface area (Å²) in [6, 6.07) is 9.87. The normalized spacial score (nSPS) is 10.8. The maximum absolute atomic E-state index is 13.0. The van der Waals surface area contributed by atoms with E-state index in [9.17, 15) is 9.18 Å². The van der Waals surface area contributed by atoms with Gasteiger partial charge in [0, 0.05) is 13.6 Å². The molecule has 2 heterocycles. The second-order valence-electron chi connectivity index (χ2n) is 5.32. The standard InChI is InChI=1S/C17H14ClFN2OS2/c1-10-15(24-16(20-10)13-7-8-14(18)23-13)17(22)21(2)9-11-3-5-12(19)6-4-11/h3-8H,9H2,1-2H3. The molecule has 24 heavy (non-hydrogen) atoms. The fraction of sp³-hybridized carbons (Fsp3) is 0.176. The summed E-state index contributed by atoms with van der Waals surface area (Å²) in [6.45, 7) is 2.24. The van der Waals surface area contributed by atoms with Gasteiger partial charge in [-0.3, -0.25) is 4.79 Å². The molecule has 3 rings (SSSR count). The van der Waals surface area contributed by atoms with E-state index in [0.717, 1.165) is 15.4 Å². The van der Waals surface area contributed by atoms with Crippen LogP contribution in [-0.2, 0) is 6.54 Å². The Morgan fingerprint density at radius 1 is 1.21 bits per heavy atom. The average molecular weight is 381 g/mol. The van der Waals surface area contributed by atoms with Gasteiger partial charge in [0.2, 0.25) is 0 Å². The molecule has 0 atom stereocenters. The van der Waals surface area contributed by atoms with Gasteiger partial charge in [-0.15, -0.1) is 22.7 Å². The van der Waals surface area contributed by atoms with Crippen molar-refractivity contribution in [3.8, 4) is 9.88 Å². The van der Waals surface area contributed by atoms with Gasteiger partial charge in [0.05, 0.1) is 14.9 Å². The Hall–Kier alpha value is -1.76. The van der Waals surface area contributed by atoms with Crippen molar-refractivity contribution in [2.24, 2.45) is 0 Å². The van der Waals surface area contributed by atoms with Gasteiger partial charge >= 0.3 is 0 Å². The molecule has 0 saturated carbocycles. The first-order valence-corrected chi connectivity index (χ1v) is 9.18. The number of thiazole rings is 1. The highest BCUT2D eigenvalue weighted by Gasteiger charge is 2.20. The van der Waals surface area contributed by atoms with Crippen LogP contribution < -0.4 is 0 Å². The lowest BCUT2D eigenvalue weighted by Gasteiger charge is -2.16. The van der Waals surface area contributed by atoms with Gasteiger partial charge in [-0.2, -0.15) is 0 Å². The first kappa shape index (κ1) is 17.1. The smallest absolute Gasteiger partial charge is 0.265 e. The molecule has 3 aromatic rings. The van der Waals surface area contributed by atoms with Crippen molar-refractivity contribution in [2.45, 2.75) is 13.5 Å². The number of rotatable bonds is 4. The average Bonchev–Trinajstić information content (AvgIpc) is 3.14. The van der Waals surface area contributed by atoms with Gasteiger partial charge in [0.1, 0.15) is 15.7 Å². The second kappa shape index (κ2) is 7.01. The molecule has 7 heteroatoms. The maximum atomic E-state index is 13.0. The van der Waals surface area contributed by atoms with Crippen molar-refractivity contribution in [1.29, 1.82) is 0 Å². The van der Waals surface area contributed by atoms with E-state index in [-0.39, 0.29) is 11.7 Å². The van der Waals surface area contributed by atoms with Gasteiger partial charge in [0.15, 0.2) is 0 Å². The summed E-state index contributed by atoms with van der Waals surface area (Å²) in [4.78, 5) is 20.3. The summed E-state index contributed by atoms with van der Waals surface area (Å²) in [7, 11) is 1.73. The highest BCUT2D eigenvalue weighted by Crippen LogP contribution is 2.35. The van der Waals surface area contributed by atoms with Gasteiger partial charge in [0.25, 0.3) is 5.91 Å². The SMILES string of the molecule is Cc1nc(-c2ccc(Cl)s2)sc1C(=O)N(C)Cc1ccc(F)cc1. The summed E-state index contributed by atoms with van der Waals surface area (Å²) < 4.78 is 13.7. The summed E-state index contributed by atoms with van der Waals surface area (Å²) in [6.07, 6.45) is 0. The minimum Gasteiger partial charge on any atom is -0.337 e. The summed E-state index contributed by atoms with van der Waals surface area (Å²) in [5.74, 6) is -0.381. The van der Waals surface area contributed by atoms with Crippen molar-refractivity contribution >= 4 is 40.2 Å². The first-order valence-electron chi connectivity index (χ1n) is 7.17. The predicted molar refractivity (Wildman–Crippen MR) is 97.4 cm³/mol. The number of halogens is 2. The third-order valence-electron chi connectivity index (χ3n) is 3.45. The van der Waals surface area contributed by atoms with Gasteiger partial charge in [-0.05, 0) is 36.8 Å². The number of hydrogen-bond donors (Lipinski definition) is 0. The predicted octanol–water partition coefficient (Wildman–Crippen LogP) is 5.24. The van der Waals surface area contributed by atoms with E-state index in [4.69, 9.17) is 11.6 Å². The molecule has 124 valence electrons. The number of aromatic nitrogens is 1. The number of aryl methyl sites for hydroxylation is 1. The number of thiophene rings is 1. The van der Waals surface area contributed by atoms with Crippen LogP contribution in [0.4, 0.5) is 4.39 Å². The molecule has 1 aromatic carbocycles. The number of carbonyl (C=O) groups excluding carboxylic acids is 1. The lowest BCUT2D eigenvalue weighted by Crippen LogP contribution is -2.26. The lowest BCUT2D eigenvalue weighted by atomic mass is 10.2. The van der Waals surface area contributed by atoms with E-state index < -0.39 is 0 Å². The lowest BCUT2D eigenvalue weighted by molar-refractivity contribution is 0.0789. The van der Waals surface area contributed by atoms with Crippen LogP contribution in [0.2, 0.25) is 4.34 Å². The number of benzene rings is 1. The molecule has 0 saturated heterocycles. The van der Waals surface area contributed by atoms with Crippen LogP contribution in [0, 0.1) is 12.7 Å². The minimum atomic E-state index is -0.287. The Labute approximate surface area is 152 Å². The van der Waals surface area contributed by atoms with E-state index in [1.807, 2.05) is 19.1 Å². The molecule has 0 bridgehead atoms. The van der Waals surface area contributed by atoms with E-state index in [2.05, 4.69) is 4.98 Å². The van der Waals surface area contributed by atoms with Crippen molar-refractivity contribution in [3.05, 3.63) is 62.7 Å². The Morgan fingerprint density at radius 3 is 2.54 bits per heavy atom. The van der Waals surface area contributed by atoms with Crippen LogP contribution in [-0.4, -0.2) is 22.8 Å². The zero-order chi connectivity index (χ0) is 17.3. The van der Waals surface area contributed by atoms with E-state index in [0.29, 0.717) is 21.5 Å². The molecular weight excluding hydrogens is 367 g/mol. The largest absolute Gasteiger partial charge is 0.337 e. The monoisotopic (exact) mass is 380 g/mol. The number of carbonyl (C=O) groups is 1. The number of nitrogens with zero attached hydrogens (tertiary/aromatic N) is 2. The molecule has 0 N–H and O–H groups in total. The summed E-state index contributed by atoms with van der Waals surface area (Å²) >= 11 is 8.77. The molecule has 0 aliphatic rings. The Morgan fingerprint density at radius 2 is 1.92 bits per heavy atom. The zero-order valence-corrected chi connectivity index (χ0v) is 15.4. The minimum absolute atomic E-state index is 0.0942. The zero-order valence-electron chi connectivity index (χ0n) is 13.0. The third kappa shape index (κ3) is 3.66. The Kier molecular flexibility index (Phi) is 4.99. The first-order chi connectivity index (χ1) is 11.4. The molecule has 0 aliphatic carbocycles. The Balaban J connectivity index is 1.79. The highest BCUT2D eigenvalue weighted by atomic mass is 35.5. The van der Waals surface area contributed by atoms with Crippen LogP contribution in [0.3, 0.4) is 0 Å². The fourth-order valence-electron chi connectivity index (χ4n) is 2.24. The molecule has 3 nitrogen and oxygen atoms in total. The van der Waals surface area contributed by atoms with Crippen LogP contribution in [0.1, 0.15) is 20.9 Å². The van der Waals surface area contributed by atoms with Crippen LogP contribution in [0.5, 0.6) is 0 Å². The summed E-state index contributed by atoms with van der Waals surface area (Å²) in [5.41, 5.74) is 1.58. The molecule has 1 amide bonds. The van der Waals surface area contributed by atoms with Gasteiger partial charge < -0.3 is 4.90 Å². The second-order valence-corrected chi connectivity index (χ2v) is 8.04. The fourth-order valence-corrected chi connectivity index (χ4v) is 4.40. The maximum Gasteiger partial charge on any atom is 0.265 e. The number of amides is 1. The number of hydrogen-bond acceptors (Lipinski definition) is 4. The van der Waals surface area contributed by atoms with E-state index in [1.54, 1.807) is 24.1 Å². The van der Waals surface area contributed by atoms with Crippen molar-refractivity contribution < 1.29 is 9.18 Å². The van der Waals surface area contributed by atoms with Gasteiger partial charge in [-0.1, -0.05) is 23.7 Å². The van der Waals surface area contributed by atoms with Crippen molar-refractivity contribution in [2.75, 3.05) is 7.05 Å². The van der Waals surface area contributed by atoms with Gasteiger partial charge in [-0.25, -0.2) is 9.37 Å². The highest BCUT2D eigenvalue weighted by molar-refractivity contribution is 7.24. The van der Waals surface area contributed by atoms with E-state index >= 15 is 0 Å². The molecule has 0 spiro atoms. The molecule has 0 fully saturated rings.